The van der Waals surface area contributed by atoms with Crippen molar-refractivity contribution in [3.8, 4) is 29.4 Å². The molecule has 0 aliphatic rings. The van der Waals surface area contributed by atoms with Crippen LogP contribution in [0.3, 0.4) is 0 Å². The van der Waals surface area contributed by atoms with E-state index in [-0.39, 0.29) is 43.3 Å². The molecule has 0 N–H and O–H groups in total. The van der Waals surface area contributed by atoms with Crippen LogP contribution in [0.4, 0.5) is 22.0 Å². The number of benzene rings is 9. The summed E-state index contributed by atoms with van der Waals surface area (Å²) in [6, 6.07) is 68.3. The molecule has 13 heteroatoms. The van der Waals surface area contributed by atoms with Crippen LogP contribution in [0.15, 0.2) is 200 Å². The number of hydrogen-bond acceptors (Lipinski definition) is 8. The minimum atomic E-state index is -2.13. The molecule has 7 nitrogen and oxygen atoms in total. The standard InChI is InChI=1S/C14H17N.C14H16.C12H18O.2C11H13N.2C11H16O.C10H9F5.C7H11NS/c1-10-8-9-11-6-5-7-12(13(11)15-10)14(2,3)4;1-14(2,3)13-10-6-8-11-7-4-5-9-12(11)13;1-9-6-10(12(2,3)4)8-11(7-9)13-5;1-11(2,3)10-6-4-9(8-12)5-7-10;1-11(2,3)10-6-4-5-9(7-10)8-12;1-11(2,3)9-5-7-10(12-4)8-6-9;1-11(2,3)9-6-5-7-10(8-9)12-4;1-10(2,3)4-5(11)7(13)9(15)8(14)6(4)12;1-7(2,3)6-8-4-5-9-6/h5-9H,1-4H3;4-10H,1-3H3;6-8H,1-5H3;2*4-7H,1-3H3;2*5-8H,1-4H3;1-3H3;4-5H,1-3H3. The molecule has 2 aromatic heterocycles. The monoisotopic (exact) mass is 1570 g/mol. The maximum atomic E-state index is 13.2. The molecule has 612 valence electrons. The summed E-state index contributed by atoms with van der Waals surface area (Å²) < 4.78 is 80.0. The van der Waals surface area contributed by atoms with E-state index in [0.29, 0.717) is 0 Å². The summed E-state index contributed by atoms with van der Waals surface area (Å²) >= 11 is 1.72. The largest absolute Gasteiger partial charge is 0.497 e. The van der Waals surface area contributed by atoms with Gasteiger partial charge in [0, 0.05) is 33.6 Å². The molecule has 0 aliphatic carbocycles. The van der Waals surface area contributed by atoms with Crippen molar-refractivity contribution in [2.75, 3.05) is 21.3 Å². The summed E-state index contributed by atoms with van der Waals surface area (Å²) in [6.07, 6.45) is 1.85. The Morgan fingerprint density at radius 3 is 1.18 bits per heavy atom. The van der Waals surface area contributed by atoms with Gasteiger partial charge < -0.3 is 14.2 Å². The van der Waals surface area contributed by atoms with E-state index < -0.39 is 40.1 Å². The zero-order valence-corrected chi connectivity index (χ0v) is 75.2. The number of pyridine rings is 1. The van der Waals surface area contributed by atoms with E-state index in [2.05, 4.69) is 317 Å². The Balaban J connectivity index is 0.000000333. The van der Waals surface area contributed by atoms with Crippen molar-refractivity contribution in [3.63, 3.8) is 0 Å². The number of thiazole rings is 1. The third kappa shape index (κ3) is 31.9. The van der Waals surface area contributed by atoms with E-state index in [4.69, 9.17) is 24.7 Å². The van der Waals surface area contributed by atoms with E-state index in [1.165, 1.54) is 86.4 Å². The molecule has 0 saturated heterocycles. The molecular weight excluding hydrogens is 1440 g/mol. The SMILES string of the molecule is CC(C)(C)c1c(F)c(F)c(F)c(F)c1F.CC(C)(C)c1ccc(C#N)cc1.CC(C)(C)c1cccc(C#N)c1.CC(C)(C)c1cccc2ccccc12.CC(C)(C)c1nccs1.COc1cc(C)cc(C(C)(C)C)c1.COc1ccc(C(C)(C)C)cc1.COc1cccc(C(C)(C)C)c1.Cc1ccc2cccc(C(C)(C)C)c2n1. The minimum absolute atomic E-state index is 0.132. The van der Waals surface area contributed by atoms with Gasteiger partial charge >= 0.3 is 0 Å². The summed E-state index contributed by atoms with van der Waals surface area (Å²) in [5.41, 5.74) is 13.7. The molecule has 0 fully saturated rings. The van der Waals surface area contributed by atoms with Crippen molar-refractivity contribution in [2.45, 2.75) is 250 Å². The predicted octanol–water partition coefficient (Wildman–Crippen LogP) is 29.1. The van der Waals surface area contributed by atoms with Gasteiger partial charge in [0.1, 0.15) is 17.2 Å². The number of nitriles is 2. The van der Waals surface area contributed by atoms with Gasteiger partial charge in [-0.15, -0.1) is 11.3 Å². The highest BCUT2D eigenvalue weighted by Crippen LogP contribution is 2.35. The average Bonchev–Trinajstić information content (AvgIpc) is 0.798. The van der Waals surface area contributed by atoms with E-state index in [9.17, 15) is 22.0 Å². The van der Waals surface area contributed by atoms with Crippen LogP contribution in [-0.4, -0.2) is 31.3 Å². The van der Waals surface area contributed by atoms with Gasteiger partial charge in [-0.05, 0) is 179 Å². The Hall–Kier alpha value is -9.69. The average molecular weight is 1570 g/mol. The number of aryl methyl sites for hydroxylation is 2. The van der Waals surface area contributed by atoms with Gasteiger partial charge in [0.15, 0.2) is 23.3 Å². The predicted molar refractivity (Wildman–Crippen MR) is 473 cm³/mol. The molecule has 0 atom stereocenters. The van der Waals surface area contributed by atoms with Crippen LogP contribution < -0.4 is 14.2 Å². The fourth-order valence-corrected chi connectivity index (χ4v) is 11.9. The molecule has 9 aromatic carbocycles. The number of halogens is 5. The van der Waals surface area contributed by atoms with Gasteiger partial charge in [0.25, 0.3) is 0 Å². The van der Waals surface area contributed by atoms with E-state index in [0.717, 1.165) is 39.6 Å². The van der Waals surface area contributed by atoms with Crippen LogP contribution in [0.5, 0.6) is 17.2 Å². The maximum Gasteiger partial charge on any atom is 0.200 e. The molecule has 0 saturated carbocycles. The normalized spacial score (nSPS) is 11.5. The lowest BCUT2D eigenvalue weighted by Crippen LogP contribution is -2.20. The van der Waals surface area contributed by atoms with Crippen molar-refractivity contribution in [1.82, 2.24) is 9.97 Å². The first-order valence-corrected chi connectivity index (χ1v) is 39.6. The first-order valence-electron chi connectivity index (χ1n) is 38.7. The van der Waals surface area contributed by atoms with Crippen molar-refractivity contribution < 1.29 is 36.2 Å². The number of aromatic nitrogens is 2. The second-order valence-corrected chi connectivity index (χ2v) is 38.4. The van der Waals surface area contributed by atoms with Gasteiger partial charge in [-0.1, -0.05) is 308 Å². The quantitative estimate of drug-likeness (QED) is 0.0986. The zero-order valence-electron chi connectivity index (χ0n) is 74.4. The summed E-state index contributed by atoms with van der Waals surface area (Å²) in [7, 11) is 5.09. The van der Waals surface area contributed by atoms with Gasteiger partial charge in [-0.2, -0.15) is 10.5 Å². The van der Waals surface area contributed by atoms with Crippen LogP contribution in [0.2, 0.25) is 0 Å². The van der Waals surface area contributed by atoms with Crippen LogP contribution in [0, 0.1) is 65.6 Å². The Kier molecular flexibility index (Phi) is 36.4. The summed E-state index contributed by atoms with van der Waals surface area (Å²) in [5.74, 6) is -6.66. The molecule has 0 aliphatic heterocycles. The molecule has 11 rings (SSSR count). The minimum Gasteiger partial charge on any atom is -0.497 e. The topological polar surface area (TPSA) is 101 Å². The molecule has 114 heavy (non-hydrogen) atoms. The maximum absolute atomic E-state index is 13.2. The highest BCUT2D eigenvalue weighted by Gasteiger charge is 2.32. The number of rotatable bonds is 3. The van der Waals surface area contributed by atoms with Crippen LogP contribution in [0.1, 0.15) is 259 Å². The Labute approximate surface area is 686 Å². The summed E-state index contributed by atoms with van der Waals surface area (Å²) in [4.78, 5) is 8.85. The number of para-hydroxylation sites is 1. The lowest BCUT2D eigenvalue weighted by molar-refractivity contribution is 0.353. The van der Waals surface area contributed by atoms with Gasteiger partial charge in [0.2, 0.25) is 5.82 Å². The molecule has 0 unspecified atom stereocenters. The van der Waals surface area contributed by atoms with Crippen molar-refractivity contribution >= 4 is 33.0 Å². The molecule has 0 spiro atoms. The molecule has 0 bridgehead atoms. The zero-order chi connectivity index (χ0) is 86.9. The Morgan fingerprint density at radius 2 is 0.754 bits per heavy atom. The van der Waals surface area contributed by atoms with Gasteiger partial charge in [-0.3, -0.25) is 4.98 Å². The molecule has 0 radical (unpaired) electrons. The number of ether oxygens (including phenoxy) is 3. The molecular formula is C101H129F5N4O3S. The van der Waals surface area contributed by atoms with Crippen molar-refractivity contribution in [2.24, 2.45) is 0 Å². The van der Waals surface area contributed by atoms with Gasteiger partial charge in [0.05, 0.1) is 55.1 Å². The first kappa shape index (κ1) is 98.5. The lowest BCUT2D eigenvalue weighted by Gasteiger charge is -2.21. The van der Waals surface area contributed by atoms with Crippen molar-refractivity contribution in [1.29, 1.82) is 10.5 Å². The highest BCUT2D eigenvalue weighted by atomic mass is 32.1. The lowest BCUT2D eigenvalue weighted by atomic mass is 9.84. The summed E-state index contributed by atoms with van der Waals surface area (Å²) in [6.45, 7) is 60.9. The van der Waals surface area contributed by atoms with E-state index in [1.54, 1.807) is 32.7 Å². The number of hydrogen-bond donors (Lipinski definition) is 0. The van der Waals surface area contributed by atoms with Gasteiger partial charge in [-0.25, -0.2) is 26.9 Å². The second kappa shape index (κ2) is 42.1. The Bertz CT molecular complexity index is 4860. The number of fused-ring (bicyclic) bond motifs is 2. The van der Waals surface area contributed by atoms with E-state index in [1.807, 2.05) is 85.2 Å². The number of methoxy groups -OCH3 is 3. The fraction of sp³-hybridized carbons (Fsp3) is 0.406. The van der Waals surface area contributed by atoms with Crippen molar-refractivity contribution in [3.05, 3.63) is 301 Å². The first-order chi connectivity index (χ1) is 52.4. The highest BCUT2D eigenvalue weighted by molar-refractivity contribution is 7.09. The van der Waals surface area contributed by atoms with Crippen LogP contribution in [-0.2, 0) is 48.7 Å². The number of nitrogens with zero attached hydrogens (tertiary/aromatic N) is 4. The Morgan fingerprint density at radius 1 is 0.333 bits per heavy atom. The smallest absolute Gasteiger partial charge is 0.200 e. The molecule has 11 aromatic rings. The van der Waals surface area contributed by atoms with Crippen LogP contribution in [0.25, 0.3) is 21.7 Å². The summed E-state index contributed by atoms with van der Waals surface area (Å²) in [5, 5.41) is 24.4. The fourth-order valence-electron chi connectivity index (χ4n) is 11.2. The third-order valence-corrected chi connectivity index (χ3v) is 19.3. The molecule has 2 heterocycles. The van der Waals surface area contributed by atoms with E-state index >= 15 is 0 Å². The second-order valence-electron chi connectivity index (χ2n) is 37.5. The third-order valence-electron chi connectivity index (χ3n) is 18.1. The van der Waals surface area contributed by atoms with Crippen LogP contribution >= 0.6 is 11.3 Å². The molecule has 0 amide bonds.